The number of ether oxygens (including phenoxy) is 2. The quantitative estimate of drug-likeness (QED) is 0.712. The summed E-state index contributed by atoms with van der Waals surface area (Å²) in [5.41, 5.74) is 1.32. The van der Waals surface area contributed by atoms with E-state index < -0.39 is 5.97 Å². The smallest absolute Gasteiger partial charge is 0.307 e. The van der Waals surface area contributed by atoms with Crippen LogP contribution >= 0.6 is 15.9 Å². The molecular weight excluding hydrogens is 393 g/mol. The molecule has 0 aliphatic carbocycles. The molecule has 0 atom stereocenters. The Morgan fingerprint density at radius 2 is 2.08 bits per heavy atom. The zero-order valence-electron chi connectivity index (χ0n) is 13.2. The van der Waals surface area contributed by atoms with Gasteiger partial charge in [0.1, 0.15) is 18.2 Å². The summed E-state index contributed by atoms with van der Waals surface area (Å²) in [5, 5.41) is 0. The van der Waals surface area contributed by atoms with E-state index in [4.69, 9.17) is 9.47 Å². The molecule has 5 nitrogen and oxygen atoms in total. The van der Waals surface area contributed by atoms with Crippen molar-refractivity contribution in [1.29, 1.82) is 0 Å². The van der Waals surface area contributed by atoms with Crippen molar-refractivity contribution >= 4 is 33.5 Å². The van der Waals surface area contributed by atoms with Gasteiger partial charge in [-0.05, 0) is 24.3 Å². The predicted molar refractivity (Wildman–Crippen MR) is 92.8 cm³/mol. The monoisotopic (exact) mass is 407 g/mol. The topological polar surface area (TPSA) is 55.8 Å². The van der Waals surface area contributed by atoms with Crippen LogP contribution in [-0.2, 0) is 20.9 Å². The number of halogens is 2. The van der Waals surface area contributed by atoms with Crippen molar-refractivity contribution in [2.45, 2.75) is 13.0 Å². The molecule has 0 aromatic heterocycles. The van der Waals surface area contributed by atoms with E-state index in [2.05, 4.69) is 15.9 Å². The maximum Gasteiger partial charge on any atom is 0.307 e. The predicted octanol–water partition coefficient (Wildman–Crippen LogP) is 3.45. The third-order valence-electron chi connectivity index (χ3n) is 3.75. The van der Waals surface area contributed by atoms with Crippen LogP contribution in [0.15, 0.2) is 46.9 Å². The maximum absolute atomic E-state index is 13.0. The molecule has 0 unspecified atom stereocenters. The highest BCUT2D eigenvalue weighted by Gasteiger charge is 2.25. The minimum atomic E-state index is -0.437. The number of anilines is 1. The van der Waals surface area contributed by atoms with Crippen LogP contribution in [0.2, 0.25) is 0 Å². The summed E-state index contributed by atoms with van der Waals surface area (Å²) in [4.78, 5) is 25.5. The molecule has 0 saturated heterocycles. The normalized spacial score (nSPS) is 13.2. The van der Waals surface area contributed by atoms with Gasteiger partial charge in [-0.3, -0.25) is 9.59 Å². The minimum Gasteiger partial charge on any atom is -0.482 e. The molecule has 1 amide bonds. The summed E-state index contributed by atoms with van der Waals surface area (Å²) in [5.74, 6) is -0.391. The number of benzene rings is 2. The Balaban J connectivity index is 1.56. The van der Waals surface area contributed by atoms with Gasteiger partial charge in [-0.1, -0.05) is 34.1 Å². The van der Waals surface area contributed by atoms with Gasteiger partial charge in [0.05, 0.1) is 12.1 Å². The van der Waals surface area contributed by atoms with Crippen LogP contribution < -0.4 is 9.64 Å². The second kappa shape index (κ2) is 7.65. The summed E-state index contributed by atoms with van der Waals surface area (Å²) in [6.07, 6.45) is 0.0545. The van der Waals surface area contributed by atoms with Gasteiger partial charge in [-0.2, -0.15) is 0 Å². The Kier molecular flexibility index (Phi) is 5.33. The number of carbonyl (C=O) groups is 2. The molecule has 7 heteroatoms. The van der Waals surface area contributed by atoms with Gasteiger partial charge >= 0.3 is 5.97 Å². The summed E-state index contributed by atoms with van der Waals surface area (Å²) in [6.45, 7) is 0.199. The number of amides is 1. The Hall–Kier alpha value is -2.41. The van der Waals surface area contributed by atoms with E-state index in [-0.39, 0.29) is 37.9 Å². The summed E-state index contributed by atoms with van der Waals surface area (Å²) in [7, 11) is 0. The first-order valence-corrected chi connectivity index (χ1v) is 8.45. The second-order valence-corrected chi connectivity index (χ2v) is 6.30. The van der Waals surface area contributed by atoms with Crippen LogP contribution in [0.25, 0.3) is 0 Å². The number of esters is 1. The van der Waals surface area contributed by atoms with Crippen molar-refractivity contribution in [3.05, 3.63) is 58.3 Å². The summed E-state index contributed by atoms with van der Waals surface area (Å²) >= 11 is 3.23. The average molecular weight is 408 g/mol. The highest BCUT2D eigenvalue weighted by molar-refractivity contribution is 9.10. The van der Waals surface area contributed by atoms with Gasteiger partial charge in [0.2, 0.25) is 0 Å². The van der Waals surface area contributed by atoms with Crippen molar-refractivity contribution in [3.8, 4) is 5.75 Å². The van der Waals surface area contributed by atoms with Crippen LogP contribution in [0.3, 0.4) is 0 Å². The first kappa shape index (κ1) is 17.4. The molecule has 130 valence electrons. The number of carbonyl (C=O) groups excluding carboxylic acids is 2. The van der Waals surface area contributed by atoms with Crippen LogP contribution in [0, 0.1) is 5.82 Å². The Morgan fingerprint density at radius 3 is 2.88 bits per heavy atom. The molecular formula is C18H15BrFNO4. The molecule has 3 rings (SSSR count). The van der Waals surface area contributed by atoms with Gasteiger partial charge in [0.15, 0.2) is 6.61 Å². The van der Waals surface area contributed by atoms with E-state index in [1.165, 1.54) is 17.0 Å². The van der Waals surface area contributed by atoms with Gasteiger partial charge in [0, 0.05) is 16.6 Å². The van der Waals surface area contributed by atoms with Crippen LogP contribution in [-0.4, -0.2) is 25.0 Å². The molecule has 25 heavy (non-hydrogen) atoms. The van der Waals surface area contributed by atoms with E-state index in [0.717, 1.165) is 0 Å². The van der Waals surface area contributed by atoms with Gasteiger partial charge in [-0.15, -0.1) is 0 Å². The molecule has 1 aliphatic heterocycles. The largest absolute Gasteiger partial charge is 0.482 e. The molecule has 0 spiro atoms. The Labute approximate surface area is 152 Å². The fourth-order valence-electron chi connectivity index (χ4n) is 2.47. The van der Waals surface area contributed by atoms with Crippen molar-refractivity contribution in [1.82, 2.24) is 0 Å². The van der Waals surface area contributed by atoms with E-state index >= 15 is 0 Å². The molecule has 2 aromatic carbocycles. The number of fused-ring (bicyclic) bond motifs is 1. The first-order valence-electron chi connectivity index (χ1n) is 7.66. The molecule has 0 fully saturated rings. The molecule has 2 aromatic rings. The molecule has 0 saturated carbocycles. The highest BCUT2D eigenvalue weighted by Crippen LogP contribution is 2.31. The van der Waals surface area contributed by atoms with E-state index in [1.54, 1.807) is 24.3 Å². The van der Waals surface area contributed by atoms with E-state index in [1.807, 2.05) is 6.07 Å². The number of rotatable bonds is 5. The van der Waals surface area contributed by atoms with E-state index in [9.17, 15) is 14.0 Å². The SMILES string of the molecule is O=C(CCN1C(=O)COc2ccccc21)OCc1ccc(F)cc1Br. The van der Waals surface area contributed by atoms with Crippen LogP contribution in [0.4, 0.5) is 10.1 Å². The lowest BCUT2D eigenvalue weighted by Crippen LogP contribution is -2.40. The lowest BCUT2D eigenvalue weighted by Gasteiger charge is -2.28. The molecule has 0 bridgehead atoms. The van der Waals surface area contributed by atoms with Gasteiger partial charge in [0.25, 0.3) is 5.91 Å². The van der Waals surface area contributed by atoms with Crippen molar-refractivity contribution in [2.24, 2.45) is 0 Å². The van der Waals surface area contributed by atoms with Crippen LogP contribution in [0.1, 0.15) is 12.0 Å². The summed E-state index contributed by atoms with van der Waals surface area (Å²) < 4.78 is 24.1. The maximum atomic E-state index is 13.0. The Morgan fingerprint density at radius 1 is 1.28 bits per heavy atom. The summed E-state index contributed by atoms with van der Waals surface area (Å²) in [6, 6.07) is 11.3. The fourth-order valence-corrected chi connectivity index (χ4v) is 2.94. The third-order valence-corrected chi connectivity index (χ3v) is 4.49. The van der Waals surface area contributed by atoms with Crippen molar-refractivity contribution in [3.63, 3.8) is 0 Å². The number of nitrogens with zero attached hydrogens (tertiary/aromatic N) is 1. The van der Waals surface area contributed by atoms with E-state index in [0.29, 0.717) is 21.5 Å². The third kappa shape index (κ3) is 4.17. The zero-order chi connectivity index (χ0) is 17.8. The van der Waals surface area contributed by atoms with Crippen molar-refractivity contribution in [2.75, 3.05) is 18.1 Å². The number of hydrogen-bond acceptors (Lipinski definition) is 4. The second-order valence-electron chi connectivity index (χ2n) is 5.45. The van der Waals surface area contributed by atoms with Crippen LogP contribution in [0.5, 0.6) is 5.75 Å². The zero-order valence-corrected chi connectivity index (χ0v) is 14.8. The number of para-hydroxylation sites is 2. The molecule has 0 radical (unpaired) electrons. The molecule has 1 heterocycles. The van der Waals surface area contributed by atoms with Gasteiger partial charge in [-0.25, -0.2) is 4.39 Å². The average Bonchev–Trinajstić information content (AvgIpc) is 2.60. The highest BCUT2D eigenvalue weighted by atomic mass is 79.9. The Bertz CT molecular complexity index is 811. The first-order chi connectivity index (χ1) is 12.0. The van der Waals surface area contributed by atoms with Crippen molar-refractivity contribution < 1.29 is 23.5 Å². The fraction of sp³-hybridized carbons (Fsp3) is 0.222. The molecule has 0 N–H and O–H groups in total. The standard InChI is InChI=1S/C18H15BrFNO4/c19-14-9-13(20)6-5-12(14)10-25-18(23)7-8-21-15-3-1-2-4-16(15)24-11-17(21)22/h1-6,9H,7-8,10-11H2. The molecule has 1 aliphatic rings. The minimum absolute atomic E-state index is 0.0351. The lowest BCUT2D eigenvalue weighted by molar-refractivity contribution is -0.144. The lowest BCUT2D eigenvalue weighted by atomic mass is 10.2. The number of hydrogen-bond donors (Lipinski definition) is 0. The van der Waals surface area contributed by atoms with Gasteiger partial charge < -0.3 is 14.4 Å².